The molecule has 3 heteroatoms. The van der Waals surface area contributed by atoms with Crippen LogP contribution in [0.2, 0.25) is 19.6 Å². The Morgan fingerprint density at radius 1 is 1.21 bits per heavy atom. The molecule has 1 saturated carbocycles. The van der Waals surface area contributed by atoms with Crippen LogP contribution in [0.15, 0.2) is 0 Å². The molecule has 1 aliphatic heterocycles. The highest BCUT2D eigenvalue weighted by Gasteiger charge is 2.55. The van der Waals surface area contributed by atoms with Crippen molar-refractivity contribution >= 4 is 8.32 Å². The van der Waals surface area contributed by atoms with E-state index in [0.29, 0.717) is 12.2 Å². The Labute approximate surface area is 88.1 Å². The van der Waals surface area contributed by atoms with Crippen LogP contribution in [0.5, 0.6) is 0 Å². The molecular weight excluding hydrogens is 192 g/mol. The van der Waals surface area contributed by atoms with Crippen LogP contribution >= 0.6 is 0 Å². The van der Waals surface area contributed by atoms with E-state index in [1.54, 1.807) is 0 Å². The third-order valence-electron chi connectivity index (χ3n) is 3.19. The predicted octanol–water partition coefficient (Wildman–Crippen LogP) is 2.94. The molecule has 2 atom stereocenters. The molecular formula is C11H22O2Si. The Morgan fingerprint density at radius 2 is 1.71 bits per heavy atom. The van der Waals surface area contributed by atoms with Crippen LogP contribution in [0.3, 0.4) is 0 Å². The predicted molar refractivity (Wildman–Crippen MR) is 60.0 cm³/mol. The SMILES string of the molecule is C[C@H]1O[C@H]1C1(O[Si](C)(C)C)CCCC1. The van der Waals surface area contributed by atoms with Gasteiger partial charge in [-0.25, -0.2) is 0 Å². The summed E-state index contributed by atoms with van der Waals surface area (Å²) in [6.45, 7) is 9.00. The molecule has 2 fully saturated rings. The molecule has 2 rings (SSSR count). The summed E-state index contributed by atoms with van der Waals surface area (Å²) in [5.41, 5.74) is 0.101. The molecule has 0 unspecified atom stereocenters. The maximum atomic E-state index is 6.39. The molecule has 2 nitrogen and oxygen atoms in total. The fourth-order valence-corrected chi connectivity index (χ4v) is 4.31. The van der Waals surface area contributed by atoms with Gasteiger partial charge < -0.3 is 9.16 Å². The van der Waals surface area contributed by atoms with Crippen molar-refractivity contribution in [2.45, 2.75) is 70.1 Å². The quantitative estimate of drug-likeness (QED) is 0.532. The molecule has 1 saturated heterocycles. The van der Waals surface area contributed by atoms with Gasteiger partial charge in [0, 0.05) is 0 Å². The van der Waals surface area contributed by atoms with Crippen molar-refractivity contribution < 1.29 is 9.16 Å². The number of hydrogen-bond acceptors (Lipinski definition) is 2. The second kappa shape index (κ2) is 3.32. The van der Waals surface area contributed by atoms with Gasteiger partial charge in [-0.3, -0.25) is 0 Å². The van der Waals surface area contributed by atoms with Crippen LogP contribution < -0.4 is 0 Å². The molecule has 0 radical (unpaired) electrons. The summed E-state index contributed by atoms with van der Waals surface area (Å²) in [6.07, 6.45) is 5.90. The summed E-state index contributed by atoms with van der Waals surface area (Å²) in [5.74, 6) is 0. The van der Waals surface area contributed by atoms with Gasteiger partial charge in [-0.2, -0.15) is 0 Å². The molecule has 0 bridgehead atoms. The number of rotatable bonds is 3. The van der Waals surface area contributed by atoms with Gasteiger partial charge in [0.1, 0.15) is 6.10 Å². The molecule has 14 heavy (non-hydrogen) atoms. The highest BCUT2D eigenvalue weighted by Crippen LogP contribution is 2.46. The fraction of sp³-hybridized carbons (Fsp3) is 1.00. The van der Waals surface area contributed by atoms with Crippen molar-refractivity contribution in [3.63, 3.8) is 0 Å². The number of ether oxygens (including phenoxy) is 1. The minimum absolute atomic E-state index is 0.101. The largest absolute Gasteiger partial charge is 0.409 e. The first-order valence-corrected chi connectivity index (χ1v) is 9.19. The van der Waals surface area contributed by atoms with Gasteiger partial charge in [0.25, 0.3) is 0 Å². The van der Waals surface area contributed by atoms with Crippen molar-refractivity contribution in [1.29, 1.82) is 0 Å². The highest BCUT2D eigenvalue weighted by molar-refractivity contribution is 6.69. The van der Waals surface area contributed by atoms with E-state index in [4.69, 9.17) is 9.16 Å². The molecule has 0 aromatic carbocycles. The van der Waals surface area contributed by atoms with Crippen LogP contribution in [0.25, 0.3) is 0 Å². The minimum Gasteiger partial charge on any atom is -0.409 e. The van der Waals surface area contributed by atoms with Crippen LogP contribution in [-0.2, 0) is 9.16 Å². The number of epoxide rings is 1. The third-order valence-corrected chi connectivity index (χ3v) is 4.21. The normalized spacial score (nSPS) is 36.0. The fourth-order valence-electron chi connectivity index (χ4n) is 2.77. The summed E-state index contributed by atoms with van der Waals surface area (Å²) >= 11 is 0. The summed E-state index contributed by atoms with van der Waals surface area (Å²) in [4.78, 5) is 0. The zero-order valence-electron chi connectivity index (χ0n) is 9.80. The average Bonchev–Trinajstić information content (AvgIpc) is 2.59. The van der Waals surface area contributed by atoms with Crippen molar-refractivity contribution in [3.05, 3.63) is 0 Å². The standard InChI is InChI=1S/C11H22O2Si/c1-9-10(12-9)11(7-5-6-8-11)13-14(2,3)4/h9-10H,5-8H2,1-4H3/t9-,10-/m1/s1. The van der Waals surface area contributed by atoms with Crippen LogP contribution in [0.4, 0.5) is 0 Å². The summed E-state index contributed by atoms with van der Waals surface area (Å²) in [5, 5.41) is 0. The van der Waals surface area contributed by atoms with Crippen molar-refractivity contribution in [3.8, 4) is 0 Å². The van der Waals surface area contributed by atoms with E-state index < -0.39 is 8.32 Å². The molecule has 1 heterocycles. The Kier molecular flexibility index (Phi) is 2.53. The van der Waals surface area contributed by atoms with E-state index in [0.717, 1.165) is 0 Å². The van der Waals surface area contributed by atoms with Crippen molar-refractivity contribution in [2.75, 3.05) is 0 Å². The minimum atomic E-state index is -1.43. The van der Waals surface area contributed by atoms with Gasteiger partial charge in [0.2, 0.25) is 0 Å². The average molecular weight is 214 g/mol. The summed E-state index contributed by atoms with van der Waals surface area (Å²) in [7, 11) is -1.43. The Hall–Kier alpha value is 0.137. The Bertz CT molecular complexity index is 216. The second-order valence-corrected chi connectivity index (χ2v) is 10.2. The Morgan fingerprint density at radius 3 is 2.07 bits per heavy atom. The summed E-state index contributed by atoms with van der Waals surface area (Å²) in [6, 6.07) is 0. The highest BCUT2D eigenvalue weighted by atomic mass is 28.4. The zero-order valence-corrected chi connectivity index (χ0v) is 10.8. The maximum Gasteiger partial charge on any atom is 0.184 e. The molecule has 1 aliphatic carbocycles. The van der Waals surface area contributed by atoms with Crippen molar-refractivity contribution in [1.82, 2.24) is 0 Å². The Balaban J connectivity index is 2.07. The topological polar surface area (TPSA) is 21.8 Å². The molecule has 0 spiro atoms. The second-order valence-electron chi connectivity index (χ2n) is 5.75. The molecule has 82 valence electrons. The molecule has 2 aliphatic rings. The van der Waals surface area contributed by atoms with Crippen molar-refractivity contribution in [2.24, 2.45) is 0 Å². The van der Waals surface area contributed by atoms with Crippen LogP contribution in [0, 0.1) is 0 Å². The smallest absolute Gasteiger partial charge is 0.184 e. The van der Waals surface area contributed by atoms with Gasteiger partial charge in [-0.1, -0.05) is 12.8 Å². The van der Waals surface area contributed by atoms with E-state index in [2.05, 4.69) is 26.6 Å². The van der Waals surface area contributed by atoms with E-state index in [1.165, 1.54) is 25.7 Å². The monoisotopic (exact) mass is 214 g/mol. The third kappa shape index (κ3) is 2.04. The van der Waals surface area contributed by atoms with Gasteiger partial charge in [0.15, 0.2) is 8.32 Å². The lowest BCUT2D eigenvalue weighted by atomic mass is 9.96. The molecule has 0 amide bonds. The zero-order chi connectivity index (χ0) is 10.4. The molecule has 0 N–H and O–H groups in total. The number of hydrogen-bond donors (Lipinski definition) is 0. The lowest BCUT2D eigenvalue weighted by Crippen LogP contribution is -2.45. The first-order valence-electron chi connectivity index (χ1n) is 5.79. The van der Waals surface area contributed by atoms with Crippen LogP contribution in [-0.4, -0.2) is 26.1 Å². The lowest BCUT2D eigenvalue weighted by Gasteiger charge is -2.35. The molecule has 0 aromatic heterocycles. The van der Waals surface area contributed by atoms with E-state index in [9.17, 15) is 0 Å². The first kappa shape index (κ1) is 10.6. The van der Waals surface area contributed by atoms with E-state index in [-0.39, 0.29) is 5.60 Å². The summed E-state index contributed by atoms with van der Waals surface area (Å²) < 4.78 is 12.0. The van der Waals surface area contributed by atoms with Gasteiger partial charge in [0.05, 0.1) is 11.7 Å². The lowest BCUT2D eigenvalue weighted by molar-refractivity contribution is 0.0369. The van der Waals surface area contributed by atoms with E-state index >= 15 is 0 Å². The van der Waals surface area contributed by atoms with Gasteiger partial charge in [-0.15, -0.1) is 0 Å². The van der Waals surface area contributed by atoms with E-state index in [1.807, 2.05) is 0 Å². The molecule has 0 aromatic rings. The maximum absolute atomic E-state index is 6.39. The van der Waals surface area contributed by atoms with Gasteiger partial charge >= 0.3 is 0 Å². The van der Waals surface area contributed by atoms with Gasteiger partial charge in [-0.05, 0) is 39.4 Å². The first-order chi connectivity index (χ1) is 6.43. The van der Waals surface area contributed by atoms with Crippen LogP contribution in [0.1, 0.15) is 32.6 Å².